The molecular formula is C14H17N5O6. The first-order chi connectivity index (χ1) is 11.8. The fourth-order valence-electron chi connectivity index (χ4n) is 3.19. The van der Waals surface area contributed by atoms with Crippen molar-refractivity contribution >= 4 is 23.0 Å². The summed E-state index contributed by atoms with van der Waals surface area (Å²) in [7, 11) is 1.42. The third-order valence-electron chi connectivity index (χ3n) is 4.16. The SMILES string of the molecule is COc1nc(N)c2ncn([C@@H]3O[C@H](C(=O)O)C4OC(C)(C)O[C@@H]43)c2n1. The first-order valence-corrected chi connectivity index (χ1v) is 7.58. The lowest BCUT2D eigenvalue weighted by Gasteiger charge is -2.23. The van der Waals surface area contributed by atoms with E-state index in [0.717, 1.165) is 0 Å². The molecule has 1 unspecified atom stereocenters. The van der Waals surface area contributed by atoms with Crippen LogP contribution >= 0.6 is 0 Å². The molecule has 0 bridgehead atoms. The van der Waals surface area contributed by atoms with Crippen molar-refractivity contribution < 1.29 is 28.8 Å². The van der Waals surface area contributed by atoms with Gasteiger partial charge in [-0.3, -0.25) is 4.57 Å². The zero-order chi connectivity index (χ0) is 17.9. The topological polar surface area (TPSA) is 144 Å². The Hall–Kier alpha value is -2.50. The van der Waals surface area contributed by atoms with Gasteiger partial charge in [0.15, 0.2) is 35.1 Å². The number of methoxy groups -OCH3 is 1. The van der Waals surface area contributed by atoms with E-state index in [1.807, 2.05) is 0 Å². The number of rotatable bonds is 3. The number of carbonyl (C=O) groups is 1. The van der Waals surface area contributed by atoms with Gasteiger partial charge < -0.3 is 29.8 Å². The van der Waals surface area contributed by atoms with Gasteiger partial charge in [-0.2, -0.15) is 9.97 Å². The number of ether oxygens (including phenoxy) is 4. The van der Waals surface area contributed by atoms with Crippen LogP contribution in [0.2, 0.25) is 0 Å². The zero-order valence-corrected chi connectivity index (χ0v) is 13.7. The van der Waals surface area contributed by atoms with Crippen molar-refractivity contribution in [1.29, 1.82) is 0 Å². The first kappa shape index (κ1) is 16.0. The van der Waals surface area contributed by atoms with Crippen LogP contribution in [0.3, 0.4) is 0 Å². The lowest BCUT2D eigenvalue weighted by atomic mass is 10.1. The second kappa shape index (κ2) is 5.25. The minimum absolute atomic E-state index is 0.0694. The van der Waals surface area contributed by atoms with E-state index in [4.69, 9.17) is 24.7 Å². The predicted molar refractivity (Wildman–Crippen MR) is 81.7 cm³/mol. The number of fused-ring (bicyclic) bond motifs is 2. The molecular weight excluding hydrogens is 334 g/mol. The molecule has 25 heavy (non-hydrogen) atoms. The predicted octanol–water partition coefficient (Wildman–Crippen LogP) is -0.0808. The molecule has 2 saturated heterocycles. The molecule has 2 aromatic heterocycles. The summed E-state index contributed by atoms with van der Waals surface area (Å²) in [4.78, 5) is 23.9. The number of nitrogens with two attached hydrogens (primary N) is 1. The lowest BCUT2D eigenvalue weighted by Crippen LogP contribution is -2.35. The Morgan fingerprint density at radius 1 is 1.36 bits per heavy atom. The highest BCUT2D eigenvalue weighted by atomic mass is 16.8. The van der Waals surface area contributed by atoms with Crippen molar-refractivity contribution in [3.63, 3.8) is 0 Å². The molecule has 3 N–H and O–H groups in total. The van der Waals surface area contributed by atoms with Gasteiger partial charge >= 0.3 is 12.0 Å². The molecule has 11 heteroatoms. The third kappa shape index (κ3) is 2.39. The fraction of sp³-hybridized carbons (Fsp3) is 0.571. The highest BCUT2D eigenvalue weighted by Crippen LogP contribution is 2.44. The van der Waals surface area contributed by atoms with E-state index in [2.05, 4.69) is 15.0 Å². The van der Waals surface area contributed by atoms with Gasteiger partial charge in [0.25, 0.3) is 0 Å². The number of carboxylic acids is 1. The van der Waals surface area contributed by atoms with Crippen molar-refractivity contribution in [3.05, 3.63) is 6.33 Å². The molecule has 2 aliphatic rings. The fourth-order valence-corrected chi connectivity index (χ4v) is 3.19. The van der Waals surface area contributed by atoms with Gasteiger partial charge in [0.05, 0.1) is 13.4 Å². The first-order valence-electron chi connectivity index (χ1n) is 7.58. The Labute approximate surface area is 141 Å². The maximum atomic E-state index is 11.5. The summed E-state index contributed by atoms with van der Waals surface area (Å²) in [5, 5.41) is 9.43. The number of hydrogen-bond donors (Lipinski definition) is 2. The van der Waals surface area contributed by atoms with Crippen molar-refractivity contribution in [2.24, 2.45) is 0 Å². The molecule has 2 fully saturated rings. The van der Waals surface area contributed by atoms with Crippen LogP contribution in [-0.2, 0) is 19.0 Å². The van der Waals surface area contributed by atoms with E-state index < -0.39 is 36.3 Å². The minimum Gasteiger partial charge on any atom is -0.479 e. The Bertz CT molecular complexity index is 852. The van der Waals surface area contributed by atoms with E-state index in [1.165, 1.54) is 13.4 Å². The van der Waals surface area contributed by atoms with Gasteiger partial charge in [-0.25, -0.2) is 9.78 Å². The Kier molecular flexibility index (Phi) is 3.36. The van der Waals surface area contributed by atoms with Crippen molar-refractivity contribution in [1.82, 2.24) is 19.5 Å². The molecule has 0 spiro atoms. The van der Waals surface area contributed by atoms with Crippen LogP contribution in [0.1, 0.15) is 20.1 Å². The summed E-state index contributed by atoms with van der Waals surface area (Å²) in [6.07, 6.45) is -1.91. The summed E-state index contributed by atoms with van der Waals surface area (Å²) >= 11 is 0. The number of aromatic nitrogens is 4. The normalized spacial score (nSPS) is 30.5. The number of nitrogen functional groups attached to an aromatic ring is 1. The average Bonchev–Trinajstić information content (AvgIpc) is 3.17. The summed E-state index contributed by atoms with van der Waals surface area (Å²) in [6.45, 7) is 3.44. The van der Waals surface area contributed by atoms with Gasteiger partial charge in [0.2, 0.25) is 0 Å². The molecule has 4 rings (SSSR count). The van der Waals surface area contributed by atoms with E-state index >= 15 is 0 Å². The zero-order valence-electron chi connectivity index (χ0n) is 13.7. The molecule has 0 aliphatic carbocycles. The van der Waals surface area contributed by atoms with Crippen LogP contribution in [0.25, 0.3) is 11.2 Å². The van der Waals surface area contributed by atoms with Gasteiger partial charge in [-0.1, -0.05) is 0 Å². The number of anilines is 1. The van der Waals surface area contributed by atoms with E-state index in [0.29, 0.717) is 11.2 Å². The van der Waals surface area contributed by atoms with Crippen molar-refractivity contribution in [2.45, 2.75) is 44.2 Å². The summed E-state index contributed by atoms with van der Waals surface area (Å²) in [5.41, 5.74) is 6.59. The molecule has 4 atom stereocenters. The highest BCUT2D eigenvalue weighted by molar-refractivity contribution is 5.82. The largest absolute Gasteiger partial charge is 0.479 e. The maximum absolute atomic E-state index is 11.5. The molecule has 134 valence electrons. The molecule has 0 saturated carbocycles. The van der Waals surface area contributed by atoms with Gasteiger partial charge in [0, 0.05) is 0 Å². The second-order valence-electron chi connectivity index (χ2n) is 6.27. The number of imidazole rings is 1. The van der Waals surface area contributed by atoms with Crippen LogP contribution < -0.4 is 10.5 Å². The number of nitrogens with zero attached hydrogens (tertiary/aromatic N) is 4. The molecule has 11 nitrogen and oxygen atoms in total. The average molecular weight is 351 g/mol. The monoisotopic (exact) mass is 351 g/mol. The molecule has 0 amide bonds. The molecule has 4 heterocycles. The van der Waals surface area contributed by atoms with E-state index in [-0.39, 0.29) is 11.8 Å². The summed E-state index contributed by atoms with van der Waals surface area (Å²) in [6, 6.07) is 0.0694. The maximum Gasteiger partial charge on any atom is 0.335 e. The Morgan fingerprint density at radius 3 is 2.76 bits per heavy atom. The van der Waals surface area contributed by atoms with Gasteiger partial charge in [-0.05, 0) is 13.8 Å². The second-order valence-corrected chi connectivity index (χ2v) is 6.27. The summed E-state index contributed by atoms with van der Waals surface area (Å²) < 4.78 is 23.8. The van der Waals surface area contributed by atoms with Gasteiger partial charge in [0.1, 0.15) is 12.2 Å². The van der Waals surface area contributed by atoms with Gasteiger partial charge in [-0.15, -0.1) is 0 Å². The lowest BCUT2D eigenvalue weighted by molar-refractivity contribution is -0.202. The number of carboxylic acid groups (broad SMARTS) is 1. The Morgan fingerprint density at radius 2 is 2.08 bits per heavy atom. The highest BCUT2D eigenvalue weighted by Gasteiger charge is 2.58. The van der Waals surface area contributed by atoms with Crippen molar-refractivity contribution in [2.75, 3.05) is 12.8 Å². The quantitative estimate of drug-likeness (QED) is 0.770. The standard InChI is InChI=1S/C14H17N5O6/c1-14(2)24-6-7(25-14)11(23-8(6)12(20)21)19-4-16-5-9(15)17-13(22-3)18-10(5)19/h4,6-8,11H,1-3H3,(H,20,21)(H2,15,17,18)/t6?,7-,8-,11+/m0/s1. The van der Waals surface area contributed by atoms with E-state index in [1.54, 1.807) is 18.4 Å². The molecule has 2 aromatic rings. The van der Waals surface area contributed by atoms with Crippen LogP contribution in [0.5, 0.6) is 6.01 Å². The van der Waals surface area contributed by atoms with E-state index in [9.17, 15) is 9.90 Å². The summed E-state index contributed by atoms with van der Waals surface area (Å²) in [5.74, 6) is -1.91. The minimum atomic E-state index is -1.17. The Balaban J connectivity index is 1.80. The number of aliphatic carboxylic acids is 1. The third-order valence-corrected chi connectivity index (χ3v) is 4.16. The number of hydrogen-bond acceptors (Lipinski definition) is 9. The molecule has 0 aromatic carbocycles. The molecule has 2 aliphatic heterocycles. The van der Waals surface area contributed by atoms with Crippen molar-refractivity contribution in [3.8, 4) is 6.01 Å². The molecule has 0 radical (unpaired) electrons. The van der Waals surface area contributed by atoms with Crippen LogP contribution in [0.15, 0.2) is 6.33 Å². The van der Waals surface area contributed by atoms with Crippen LogP contribution in [-0.4, -0.2) is 61.8 Å². The van der Waals surface area contributed by atoms with Crippen LogP contribution in [0.4, 0.5) is 5.82 Å². The van der Waals surface area contributed by atoms with Crippen LogP contribution in [0, 0.1) is 0 Å². The smallest absolute Gasteiger partial charge is 0.335 e.